The molecule has 0 radical (unpaired) electrons. The van der Waals surface area contributed by atoms with E-state index in [1.165, 1.54) is 32.6 Å². The molecule has 0 heterocycles. The SMILES string of the molecule is C[C@@H](O)[C@H](NC(=O)[C@H](CCCCNC(=O)CC[C@H](NC(=O)CC[C@H](NC(=O)COCCOCCNC(=O)COCCOCCNC(=O)CC[C@H](NC(=O)CC[C@H](NC(=O)CCCCCCCCCCCCCCCCC(=O)O)C(=O)O)C(=O)O)C(=O)O)C(=O)O)NI)C(N)=O. The van der Waals surface area contributed by atoms with Gasteiger partial charge in [0.05, 0.1) is 51.8 Å². The molecule has 0 saturated carbocycles. The molecule has 0 aromatic carbocycles. The van der Waals surface area contributed by atoms with Crippen LogP contribution in [0.15, 0.2) is 0 Å². The van der Waals surface area contributed by atoms with Gasteiger partial charge in [-0.3, -0.25) is 47.9 Å². The van der Waals surface area contributed by atoms with Crippen LogP contribution < -0.4 is 51.8 Å². The van der Waals surface area contributed by atoms with E-state index in [1.54, 1.807) is 22.9 Å². The Kier molecular flexibility index (Phi) is 52.2. The van der Waals surface area contributed by atoms with Crippen molar-refractivity contribution in [1.29, 1.82) is 0 Å². The molecule has 95 heavy (non-hydrogen) atoms. The van der Waals surface area contributed by atoms with Gasteiger partial charge in [-0.25, -0.2) is 22.7 Å². The zero-order chi connectivity index (χ0) is 71.2. The standard InChI is InChI=1S/C60H103IN10O24/c1-40(72)54(55(62)82)70-56(83)41(71-61)18-16-17-29-63-46(73)25-21-42(57(84)85)67-50(77)28-24-45(60(90)91)69-52(79)39-95-37-35-93-33-31-65-51(78)38-94-36-34-92-32-30-64-47(74)26-22-43(58(86)87)68-49(76)27-23-44(59(88)89)66-48(75)19-14-12-10-8-6-4-2-3-5-7-9-11-13-15-20-53(80)81/h40-45,54,71-72H,2-39H2,1H3,(H2,62,82)(H,63,73)(H,64,74)(H,65,78)(H,66,75)(H,67,77)(H,68,76)(H,69,79)(H,70,83)(H,80,81)(H,84,85)(H,86,87)(H,88,89)(H,90,91)/t40-,41+,42+,43+,44+,45+,54+/m1/s1. The highest BCUT2D eigenvalue weighted by Crippen LogP contribution is 2.15. The maximum Gasteiger partial charge on any atom is 0.326 e. The van der Waals surface area contributed by atoms with Gasteiger partial charge in [-0.1, -0.05) is 77.0 Å². The van der Waals surface area contributed by atoms with Crippen LogP contribution in [0.5, 0.6) is 0 Å². The highest BCUT2D eigenvalue weighted by molar-refractivity contribution is 14.1. The molecule has 0 unspecified atom stereocenters. The summed E-state index contributed by atoms with van der Waals surface area (Å²) in [5.41, 5.74) is 5.21. The molecule has 0 aromatic rings. The van der Waals surface area contributed by atoms with E-state index >= 15 is 0 Å². The third-order valence-electron chi connectivity index (χ3n) is 14.3. The second-order valence-corrected chi connectivity index (χ2v) is 23.1. The molecule has 0 fully saturated rings. The summed E-state index contributed by atoms with van der Waals surface area (Å²) >= 11 is 1.77. The number of rotatable bonds is 63. The largest absolute Gasteiger partial charge is 0.481 e. The number of nitrogens with two attached hydrogens (primary N) is 1. The predicted molar refractivity (Wildman–Crippen MR) is 347 cm³/mol. The Bertz CT molecular complexity index is 2340. The first-order valence-electron chi connectivity index (χ1n) is 32.3. The molecule has 544 valence electrons. The van der Waals surface area contributed by atoms with Crippen molar-refractivity contribution in [2.45, 2.75) is 223 Å². The van der Waals surface area contributed by atoms with Crippen molar-refractivity contribution in [3.8, 4) is 0 Å². The zero-order valence-electron chi connectivity index (χ0n) is 54.4. The van der Waals surface area contributed by atoms with Gasteiger partial charge in [-0.05, 0) is 64.7 Å². The molecule has 0 aromatic heterocycles. The average Bonchev–Trinajstić information content (AvgIpc) is 1.31. The first kappa shape index (κ1) is 88.1. The van der Waals surface area contributed by atoms with Gasteiger partial charge in [-0.15, -0.1) is 0 Å². The second kappa shape index (κ2) is 56.3. The minimum Gasteiger partial charge on any atom is -0.481 e. The summed E-state index contributed by atoms with van der Waals surface area (Å²) in [4.78, 5) is 169. The predicted octanol–water partition coefficient (Wildman–Crippen LogP) is -0.0446. The summed E-state index contributed by atoms with van der Waals surface area (Å²) < 4.78 is 23.9. The van der Waals surface area contributed by atoms with Crippen LogP contribution in [-0.4, -0.2) is 228 Å². The van der Waals surface area contributed by atoms with E-state index in [-0.39, 0.29) is 117 Å². The molecule has 0 aliphatic carbocycles. The van der Waals surface area contributed by atoms with E-state index in [9.17, 15) is 92.7 Å². The fourth-order valence-electron chi connectivity index (χ4n) is 8.99. The first-order valence-corrected chi connectivity index (χ1v) is 33.4. The number of carboxylic acid groups (broad SMARTS) is 5. The Hall–Kier alpha value is -6.93. The molecule has 0 bridgehead atoms. The highest BCUT2D eigenvalue weighted by Gasteiger charge is 2.29. The van der Waals surface area contributed by atoms with Crippen molar-refractivity contribution in [3.63, 3.8) is 0 Å². The highest BCUT2D eigenvalue weighted by atomic mass is 127. The number of primary amides is 1. The van der Waals surface area contributed by atoms with Crippen molar-refractivity contribution < 1.29 is 117 Å². The number of aliphatic hydroxyl groups is 1. The second-order valence-electron chi connectivity index (χ2n) is 22.5. The van der Waals surface area contributed by atoms with Crippen molar-refractivity contribution in [3.05, 3.63) is 0 Å². The van der Waals surface area contributed by atoms with Crippen molar-refractivity contribution >= 4 is 106 Å². The molecule has 0 aliphatic rings. The lowest BCUT2D eigenvalue weighted by Crippen LogP contribution is -2.54. The summed E-state index contributed by atoms with van der Waals surface area (Å²) in [6, 6.07) is -7.81. The minimum absolute atomic E-state index is 0.00311. The Morgan fingerprint density at radius 3 is 1.07 bits per heavy atom. The van der Waals surface area contributed by atoms with E-state index in [1.807, 2.05) is 0 Å². The summed E-state index contributed by atoms with van der Waals surface area (Å²) in [7, 11) is 0. The smallest absolute Gasteiger partial charge is 0.326 e. The lowest BCUT2D eigenvalue weighted by molar-refractivity contribution is -0.144. The summed E-state index contributed by atoms with van der Waals surface area (Å²) in [5.74, 6) is -12.2. The number of hydrogen-bond acceptors (Lipinski definition) is 20. The van der Waals surface area contributed by atoms with Crippen LogP contribution in [0, 0.1) is 0 Å². The topological polar surface area (TPSA) is 532 Å². The number of unbranched alkanes of at least 4 members (excludes halogenated alkanes) is 14. The van der Waals surface area contributed by atoms with Crippen LogP contribution in [0.2, 0.25) is 0 Å². The van der Waals surface area contributed by atoms with Crippen molar-refractivity contribution in [2.75, 3.05) is 72.5 Å². The number of nitrogens with one attached hydrogen (secondary N) is 9. The van der Waals surface area contributed by atoms with E-state index in [4.69, 9.17) is 29.8 Å². The molecule has 0 aliphatic heterocycles. The van der Waals surface area contributed by atoms with E-state index in [0.717, 1.165) is 57.8 Å². The Morgan fingerprint density at radius 1 is 0.358 bits per heavy atom. The normalized spacial score (nSPS) is 13.3. The van der Waals surface area contributed by atoms with Gasteiger partial charge in [0.1, 0.15) is 43.4 Å². The summed E-state index contributed by atoms with van der Waals surface area (Å²) in [5, 5.41) is 76.1. The third-order valence-corrected chi connectivity index (χ3v) is 15.1. The fourth-order valence-corrected chi connectivity index (χ4v) is 9.59. The minimum atomic E-state index is -1.53. The van der Waals surface area contributed by atoms with Crippen LogP contribution in [-0.2, 0) is 86.1 Å². The monoisotopic (exact) mass is 1470 g/mol. The van der Waals surface area contributed by atoms with Crippen LogP contribution in [0.4, 0.5) is 0 Å². The molecule has 9 amide bonds. The number of halogens is 1. The maximum atomic E-state index is 12.6. The van der Waals surface area contributed by atoms with Gasteiger partial charge in [0.15, 0.2) is 0 Å². The maximum absolute atomic E-state index is 12.6. The molecule has 0 rings (SSSR count). The average molecular weight is 1480 g/mol. The van der Waals surface area contributed by atoms with E-state index in [0.29, 0.717) is 25.7 Å². The molecular weight excluding hydrogens is 1370 g/mol. The zero-order valence-corrected chi connectivity index (χ0v) is 56.6. The number of aliphatic hydroxyl groups excluding tert-OH is 1. The van der Waals surface area contributed by atoms with Crippen LogP contribution in [0.3, 0.4) is 0 Å². The Labute approximate surface area is 567 Å². The number of ether oxygens (including phenoxy) is 4. The van der Waals surface area contributed by atoms with Gasteiger partial charge in [0.2, 0.25) is 53.2 Å². The number of aliphatic carboxylic acids is 5. The number of hydrogen-bond donors (Lipinski definition) is 16. The quantitative estimate of drug-likeness (QED) is 0.0216. The van der Waals surface area contributed by atoms with Crippen LogP contribution >= 0.6 is 22.9 Å². The van der Waals surface area contributed by atoms with Gasteiger partial charge in [0.25, 0.3) is 0 Å². The van der Waals surface area contributed by atoms with E-state index < -0.39 is 145 Å². The van der Waals surface area contributed by atoms with E-state index in [2.05, 4.69) is 46.1 Å². The Balaban J connectivity index is 4.18. The Morgan fingerprint density at radius 2 is 0.695 bits per heavy atom. The molecular formula is C60H103IN10O24. The van der Waals surface area contributed by atoms with Gasteiger partial charge >= 0.3 is 29.8 Å². The van der Waals surface area contributed by atoms with Crippen LogP contribution in [0.25, 0.3) is 0 Å². The number of amides is 9. The summed E-state index contributed by atoms with van der Waals surface area (Å²) in [6.45, 7) is 0.888. The molecule has 0 spiro atoms. The molecule has 35 heteroatoms. The van der Waals surface area contributed by atoms with Gasteiger partial charge < -0.3 is 97.9 Å². The lowest BCUT2D eigenvalue weighted by Gasteiger charge is -2.21. The van der Waals surface area contributed by atoms with Crippen molar-refractivity contribution in [1.82, 2.24) is 46.1 Å². The third kappa shape index (κ3) is 50.2. The molecule has 0 saturated heterocycles. The molecule has 7 atom stereocenters. The number of carbonyl (C=O) groups excluding carboxylic acids is 9. The number of carbonyl (C=O) groups is 14. The number of carboxylic acids is 5. The summed E-state index contributed by atoms with van der Waals surface area (Å²) in [6.07, 6.45) is 11.9. The fraction of sp³-hybridized carbons (Fsp3) is 0.767. The van der Waals surface area contributed by atoms with Gasteiger partial charge in [-0.2, -0.15) is 0 Å². The first-order chi connectivity index (χ1) is 45.3. The molecule has 17 N–H and O–H groups in total. The van der Waals surface area contributed by atoms with Crippen LogP contribution in [0.1, 0.15) is 180 Å². The lowest BCUT2D eigenvalue weighted by atomic mass is 10.0. The van der Waals surface area contributed by atoms with Crippen molar-refractivity contribution in [2.24, 2.45) is 5.73 Å². The van der Waals surface area contributed by atoms with Gasteiger partial charge in [0, 0.05) is 81.0 Å². The molecule has 34 nitrogen and oxygen atoms in total.